The second-order valence-corrected chi connectivity index (χ2v) is 5.26. The van der Waals surface area contributed by atoms with E-state index in [1.54, 1.807) is 0 Å². The van der Waals surface area contributed by atoms with E-state index in [4.69, 9.17) is 0 Å². The molecule has 0 aromatic carbocycles. The van der Waals surface area contributed by atoms with Crippen LogP contribution in [-0.2, 0) is 0 Å². The molecule has 0 aliphatic carbocycles. The van der Waals surface area contributed by atoms with Crippen LogP contribution in [0.25, 0.3) is 0 Å². The molecular formula is C14H29N. The lowest BCUT2D eigenvalue weighted by Crippen LogP contribution is -2.41. The van der Waals surface area contributed by atoms with Gasteiger partial charge in [-0.2, -0.15) is 0 Å². The molecule has 2 atom stereocenters. The van der Waals surface area contributed by atoms with Crippen molar-refractivity contribution in [3.8, 4) is 0 Å². The Hall–Kier alpha value is -0.0400. The Kier molecular flexibility index (Phi) is 6.31. The largest absolute Gasteiger partial charge is 0.301 e. The molecule has 1 heteroatoms. The van der Waals surface area contributed by atoms with Gasteiger partial charge in [-0.3, -0.25) is 0 Å². The standard InChI is InChI=1S/C14H29N/c1-4-6-7-8-9-14-12-13(3)10-11-15(14)5-2/h13-14H,4-12H2,1-3H3. The Morgan fingerprint density at radius 1 is 1.13 bits per heavy atom. The number of likely N-dealkylation sites (tertiary alicyclic amines) is 1. The van der Waals surface area contributed by atoms with Crippen LogP contribution in [0.3, 0.4) is 0 Å². The molecule has 1 rings (SSSR count). The van der Waals surface area contributed by atoms with E-state index in [0.29, 0.717) is 0 Å². The monoisotopic (exact) mass is 211 g/mol. The van der Waals surface area contributed by atoms with Gasteiger partial charge >= 0.3 is 0 Å². The normalized spacial score (nSPS) is 28.2. The zero-order chi connectivity index (χ0) is 11.1. The fraction of sp³-hybridized carbons (Fsp3) is 1.00. The summed E-state index contributed by atoms with van der Waals surface area (Å²) in [4.78, 5) is 2.70. The first-order valence-electron chi connectivity index (χ1n) is 7.02. The van der Waals surface area contributed by atoms with Crippen molar-refractivity contribution in [2.24, 2.45) is 5.92 Å². The van der Waals surface area contributed by atoms with Crippen LogP contribution < -0.4 is 0 Å². The summed E-state index contributed by atoms with van der Waals surface area (Å²) in [5.74, 6) is 0.962. The van der Waals surface area contributed by atoms with E-state index in [1.165, 1.54) is 58.0 Å². The quantitative estimate of drug-likeness (QED) is 0.598. The molecule has 1 heterocycles. The Morgan fingerprint density at radius 3 is 2.60 bits per heavy atom. The Labute approximate surface area is 96.2 Å². The van der Waals surface area contributed by atoms with E-state index in [1.807, 2.05) is 0 Å². The minimum absolute atomic E-state index is 0.899. The number of hydrogen-bond acceptors (Lipinski definition) is 1. The van der Waals surface area contributed by atoms with Crippen LogP contribution >= 0.6 is 0 Å². The summed E-state index contributed by atoms with van der Waals surface area (Å²) in [7, 11) is 0. The van der Waals surface area contributed by atoms with Gasteiger partial charge in [0.1, 0.15) is 0 Å². The van der Waals surface area contributed by atoms with Crippen molar-refractivity contribution in [2.45, 2.75) is 71.8 Å². The van der Waals surface area contributed by atoms with Crippen molar-refractivity contribution < 1.29 is 0 Å². The van der Waals surface area contributed by atoms with Crippen LogP contribution in [0.1, 0.15) is 65.7 Å². The summed E-state index contributed by atoms with van der Waals surface area (Å²) in [6, 6.07) is 0.899. The summed E-state index contributed by atoms with van der Waals surface area (Å²) < 4.78 is 0. The molecule has 0 aromatic heterocycles. The maximum Gasteiger partial charge on any atom is 0.00976 e. The van der Waals surface area contributed by atoms with E-state index in [2.05, 4.69) is 25.7 Å². The van der Waals surface area contributed by atoms with Gasteiger partial charge in [0, 0.05) is 6.04 Å². The van der Waals surface area contributed by atoms with E-state index in [9.17, 15) is 0 Å². The second kappa shape index (κ2) is 7.27. The van der Waals surface area contributed by atoms with Crippen LogP contribution in [0.15, 0.2) is 0 Å². The van der Waals surface area contributed by atoms with Gasteiger partial charge in [-0.1, -0.05) is 46.5 Å². The molecule has 0 amide bonds. The summed E-state index contributed by atoms with van der Waals surface area (Å²) in [5, 5.41) is 0. The molecule has 1 saturated heterocycles. The molecule has 1 aliphatic heterocycles. The molecule has 0 aromatic rings. The second-order valence-electron chi connectivity index (χ2n) is 5.26. The van der Waals surface area contributed by atoms with Gasteiger partial charge in [-0.05, 0) is 38.3 Å². The number of rotatable bonds is 6. The average Bonchev–Trinajstić information content (AvgIpc) is 2.25. The highest BCUT2D eigenvalue weighted by Crippen LogP contribution is 2.25. The Balaban J connectivity index is 2.22. The molecule has 1 nitrogen and oxygen atoms in total. The molecule has 1 aliphatic rings. The molecule has 0 spiro atoms. The molecule has 0 radical (unpaired) electrons. The maximum atomic E-state index is 2.70. The van der Waals surface area contributed by atoms with Crippen LogP contribution in [0, 0.1) is 5.92 Å². The summed E-state index contributed by atoms with van der Waals surface area (Å²) in [5.41, 5.74) is 0. The average molecular weight is 211 g/mol. The van der Waals surface area contributed by atoms with Gasteiger partial charge in [0.05, 0.1) is 0 Å². The Morgan fingerprint density at radius 2 is 1.93 bits per heavy atom. The zero-order valence-corrected chi connectivity index (χ0v) is 11.0. The highest BCUT2D eigenvalue weighted by Gasteiger charge is 2.24. The van der Waals surface area contributed by atoms with E-state index >= 15 is 0 Å². The fourth-order valence-corrected chi connectivity index (χ4v) is 2.82. The summed E-state index contributed by atoms with van der Waals surface area (Å²) >= 11 is 0. The Bertz CT molecular complexity index is 155. The van der Waals surface area contributed by atoms with E-state index in [0.717, 1.165) is 12.0 Å². The third-order valence-corrected chi connectivity index (χ3v) is 3.90. The van der Waals surface area contributed by atoms with Gasteiger partial charge in [0.2, 0.25) is 0 Å². The SMILES string of the molecule is CCCCCCC1CC(C)CCN1CC. The third kappa shape index (κ3) is 4.55. The number of hydrogen-bond donors (Lipinski definition) is 0. The highest BCUT2D eigenvalue weighted by atomic mass is 15.2. The van der Waals surface area contributed by atoms with Crippen molar-refractivity contribution in [3.05, 3.63) is 0 Å². The van der Waals surface area contributed by atoms with Crippen LogP contribution in [-0.4, -0.2) is 24.0 Å². The topological polar surface area (TPSA) is 3.24 Å². The number of piperidine rings is 1. The van der Waals surface area contributed by atoms with E-state index < -0.39 is 0 Å². The van der Waals surface area contributed by atoms with Crippen molar-refractivity contribution in [3.63, 3.8) is 0 Å². The van der Waals surface area contributed by atoms with Crippen molar-refractivity contribution in [1.82, 2.24) is 4.90 Å². The summed E-state index contributed by atoms with van der Waals surface area (Å²) in [6.07, 6.45) is 9.98. The molecule has 15 heavy (non-hydrogen) atoms. The number of nitrogens with zero attached hydrogens (tertiary/aromatic N) is 1. The first-order valence-corrected chi connectivity index (χ1v) is 7.02. The fourth-order valence-electron chi connectivity index (χ4n) is 2.82. The molecule has 90 valence electrons. The molecule has 0 N–H and O–H groups in total. The highest BCUT2D eigenvalue weighted by molar-refractivity contribution is 4.79. The van der Waals surface area contributed by atoms with Gasteiger partial charge in [-0.25, -0.2) is 0 Å². The summed E-state index contributed by atoms with van der Waals surface area (Å²) in [6.45, 7) is 9.63. The molecule has 0 saturated carbocycles. The first kappa shape index (κ1) is 13.0. The predicted molar refractivity (Wildman–Crippen MR) is 68.2 cm³/mol. The molecule has 0 bridgehead atoms. The molecule has 1 fully saturated rings. The van der Waals surface area contributed by atoms with Crippen molar-refractivity contribution >= 4 is 0 Å². The maximum absolute atomic E-state index is 2.70. The van der Waals surface area contributed by atoms with Crippen LogP contribution in [0.4, 0.5) is 0 Å². The van der Waals surface area contributed by atoms with Gasteiger partial charge in [-0.15, -0.1) is 0 Å². The van der Waals surface area contributed by atoms with E-state index in [-0.39, 0.29) is 0 Å². The smallest absolute Gasteiger partial charge is 0.00976 e. The number of unbranched alkanes of at least 4 members (excludes halogenated alkanes) is 3. The van der Waals surface area contributed by atoms with Gasteiger partial charge in [0.25, 0.3) is 0 Å². The minimum Gasteiger partial charge on any atom is -0.301 e. The predicted octanol–water partition coefficient (Wildman–Crippen LogP) is 4.08. The van der Waals surface area contributed by atoms with Crippen molar-refractivity contribution in [2.75, 3.05) is 13.1 Å². The van der Waals surface area contributed by atoms with Gasteiger partial charge in [0.15, 0.2) is 0 Å². The first-order chi connectivity index (χ1) is 7.27. The molecular weight excluding hydrogens is 182 g/mol. The van der Waals surface area contributed by atoms with Gasteiger partial charge < -0.3 is 4.90 Å². The van der Waals surface area contributed by atoms with Crippen LogP contribution in [0.2, 0.25) is 0 Å². The lowest BCUT2D eigenvalue weighted by atomic mass is 9.89. The lowest BCUT2D eigenvalue weighted by molar-refractivity contribution is 0.115. The zero-order valence-electron chi connectivity index (χ0n) is 11.0. The molecule has 2 unspecified atom stereocenters. The minimum atomic E-state index is 0.899. The van der Waals surface area contributed by atoms with Crippen molar-refractivity contribution in [1.29, 1.82) is 0 Å². The lowest BCUT2D eigenvalue weighted by Gasteiger charge is -2.38. The van der Waals surface area contributed by atoms with Crippen LogP contribution in [0.5, 0.6) is 0 Å². The third-order valence-electron chi connectivity index (χ3n) is 3.90.